The van der Waals surface area contributed by atoms with Crippen LogP contribution in [-0.2, 0) is 9.47 Å². The summed E-state index contributed by atoms with van der Waals surface area (Å²) < 4.78 is 12.2. The topological polar surface area (TPSA) is 190 Å². The van der Waals surface area contributed by atoms with Gasteiger partial charge in [0.15, 0.2) is 17.7 Å². The lowest BCUT2D eigenvalue weighted by Crippen LogP contribution is -2.39. The number of urea groups is 1. The number of nitrogen functional groups attached to an aromatic ring is 1. The van der Waals surface area contributed by atoms with Gasteiger partial charge in [0.25, 0.3) is 0 Å². The summed E-state index contributed by atoms with van der Waals surface area (Å²) in [5.41, 5.74) is 7.43. The number of amides is 2. The van der Waals surface area contributed by atoms with Gasteiger partial charge >= 0.3 is 12.0 Å². The summed E-state index contributed by atoms with van der Waals surface area (Å²) in [6.45, 7) is 1.35. The predicted molar refractivity (Wildman–Crippen MR) is 133 cm³/mol. The van der Waals surface area contributed by atoms with E-state index in [-0.39, 0.29) is 5.82 Å². The van der Waals surface area contributed by atoms with Crippen molar-refractivity contribution in [1.29, 1.82) is 0 Å². The number of rotatable bonds is 9. The third-order valence-electron chi connectivity index (χ3n) is 6.03. The van der Waals surface area contributed by atoms with E-state index in [9.17, 15) is 19.8 Å². The van der Waals surface area contributed by atoms with E-state index in [1.54, 1.807) is 18.2 Å². The van der Waals surface area contributed by atoms with Crippen LogP contribution in [0.25, 0.3) is 11.2 Å². The molecule has 1 saturated heterocycles. The molecule has 0 aliphatic carbocycles. The highest BCUT2D eigenvalue weighted by Crippen LogP contribution is 2.32. The molecule has 198 valence electrons. The Labute approximate surface area is 212 Å². The molecule has 14 nitrogen and oxygen atoms in total. The Morgan fingerprint density at radius 1 is 1.24 bits per heavy atom. The third-order valence-corrected chi connectivity index (χ3v) is 6.03. The molecule has 2 aromatic heterocycles. The van der Waals surface area contributed by atoms with Crippen LogP contribution in [0.3, 0.4) is 0 Å². The number of likely N-dealkylation sites (N-methyl/N-ethyl adjacent to an activating group) is 1. The summed E-state index contributed by atoms with van der Waals surface area (Å²) in [7, 11) is 3.15. The number of nitrogens with one attached hydrogen (secondary N) is 2. The number of hydrogen-bond acceptors (Lipinski definition) is 11. The second-order valence-electron chi connectivity index (χ2n) is 8.70. The Bertz CT molecular complexity index is 1250. The van der Waals surface area contributed by atoms with E-state index in [1.807, 2.05) is 11.9 Å². The van der Waals surface area contributed by atoms with Crippen molar-refractivity contribution in [2.24, 2.45) is 0 Å². The summed E-state index contributed by atoms with van der Waals surface area (Å²) in [5, 5.41) is 26.6. The van der Waals surface area contributed by atoms with Gasteiger partial charge in [-0.2, -0.15) is 0 Å². The lowest BCUT2D eigenvalue weighted by molar-refractivity contribution is -0.0421. The van der Waals surface area contributed by atoms with E-state index in [0.717, 1.165) is 0 Å². The lowest BCUT2D eigenvalue weighted by Gasteiger charge is -2.22. The molecule has 4 rings (SSSR count). The highest BCUT2D eigenvalue weighted by atomic mass is 16.6. The lowest BCUT2D eigenvalue weighted by atomic mass is 10.1. The van der Waals surface area contributed by atoms with Gasteiger partial charge in [-0.15, -0.1) is 0 Å². The Kier molecular flexibility index (Phi) is 8.13. The van der Waals surface area contributed by atoms with Crippen LogP contribution < -0.4 is 16.4 Å². The number of ether oxygens (including phenoxy) is 2. The minimum Gasteiger partial charge on any atom is -0.465 e. The van der Waals surface area contributed by atoms with Gasteiger partial charge in [-0.25, -0.2) is 24.5 Å². The zero-order valence-electron chi connectivity index (χ0n) is 20.4. The number of benzene rings is 1. The molecule has 0 saturated carbocycles. The molecular weight excluding hydrogens is 484 g/mol. The van der Waals surface area contributed by atoms with E-state index >= 15 is 0 Å². The van der Waals surface area contributed by atoms with E-state index < -0.39 is 36.5 Å². The van der Waals surface area contributed by atoms with Crippen molar-refractivity contribution in [2.45, 2.75) is 31.0 Å². The number of aliphatic hydroxyl groups excluding tert-OH is 2. The number of nitrogens with zero attached hydrogens (tertiary/aromatic N) is 5. The quantitative estimate of drug-likeness (QED) is 0.190. The van der Waals surface area contributed by atoms with Gasteiger partial charge in [-0.3, -0.25) is 4.57 Å². The van der Waals surface area contributed by atoms with Crippen LogP contribution in [-0.4, -0.2) is 98.7 Å². The molecule has 37 heavy (non-hydrogen) atoms. The van der Waals surface area contributed by atoms with Crippen LogP contribution in [0, 0.1) is 0 Å². The zero-order valence-corrected chi connectivity index (χ0v) is 20.4. The van der Waals surface area contributed by atoms with E-state index in [1.165, 1.54) is 30.4 Å². The molecule has 1 aliphatic heterocycles. The van der Waals surface area contributed by atoms with Crippen molar-refractivity contribution < 1.29 is 29.3 Å². The Morgan fingerprint density at radius 3 is 2.84 bits per heavy atom. The van der Waals surface area contributed by atoms with Gasteiger partial charge in [0.2, 0.25) is 0 Å². The average Bonchev–Trinajstić information content (AvgIpc) is 3.43. The van der Waals surface area contributed by atoms with Crippen molar-refractivity contribution in [2.75, 3.05) is 44.8 Å². The molecule has 1 aliphatic rings. The van der Waals surface area contributed by atoms with Gasteiger partial charge in [-0.1, -0.05) is 6.07 Å². The number of fused-ring (bicyclic) bond motifs is 1. The fourth-order valence-electron chi connectivity index (χ4n) is 4.13. The van der Waals surface area contributed by atoms with Gasteiger partial charge < -0.3 is 41.0 Å². The van der Waals surface area contributed by atoms with Gasteiger partial charge in [0, 0.05) is 18.8 Å². The SMILES string of the molecule is COC(=O)c1cccc(NC(=O)NCCCN(C)C[C@H]2O[C@@H](n3cnc4c(N)ncnc43)[C@H](O)[C@@H]2O)c1. The standard InChI is InChI=1S/C23H30N8O6/c1-30(8-4-7-25-23(35)29-14-6-3-5-13(9-14)22(34)36-2)10-15-17(32)18(33)21(37-15)31-12-28-16-19(24)26-11-27-20(16)31/h3,5-6,9,11-12,15,17-18,21,32-33H,4,7-8,10H2,1-2H3,(H2,24,26,27)(H2,25,29,35)/t15-,17-,18-,21-/m1/s1. The summed E-state index contributed by atoms with van der Waals surface area (Å²) in [6.07, 6.45) is -0.458. The second-order valence-corrected chi connectivity index (χ2v) is 8.70. The van der Waals surface area contributed by atoms with E-state index in [0.29, 0.717) is 48.5 Å². The van der Waals surface area contributed by atoms with Crippen molar-refractivity contribution in [3.63, 3.8) is 0 Å². The minimum atomic E-state index is -1.19. The number of aromatic nitrogens is 4. The van der Waals surface area contributed by atoms with Crippen LogP contribution >= 0.6 is 0 Å². The first kappa shape index (κ1) is 26.2. The van der Waals surface area contributed by atoms with Gasteiger partial charge in [0.05, 0.1) is 19.0 Å². The van der Waals surface area contributed by atoms with Gasteiger partial charge in [0.1, 0.15) is 30.2 Å². The molecule has 1 fully saturated rings. The van der Waals surface area contributed by atoms with Crippen LogP contribution in [0.5, 0.6) is 0 Å². The fraction of sp³-hybridized carbons (Fsp3) is 0.435. The number of hydrogen-bond donors (Lipinski definition) is 5. The zero-order chi connectivity index (χ0) is 26.5. The number of methoxy groups -OCH3 is 1. The average molecular weight is 515 g/mol. The number of carbonyl (C=O) groups is 2. The monoisotopic (exact) mass is 514 g/mol. The molecule has 6 N–H and O–H groups in total. The van der Waals surface area contributed by atoms with Crippen molar-refractivity contribution in [1.82, 2.24) is 29.7 Å². The highest BCUT2D eigenvalue weighted by molar-refractivity contribution is 5.93. The molecule has 4 atom stereocenters. The summed E-state index contributed by atoms with van der Waals surface area (Å²) in [5.74, 6) is -0.274. The number of carbonyl (C=O) groups excluding carboxylic acids is 2. The molecule has 0 bridgehead atoms. The maximum absolute atomic E-state index is 12.2. The van der Waals surface area contributed by atoms with Crippen LogP contribution in [0.2, 0.25) is 0 Å². The first-order valence-corrected chi connectivity index (χ1v) is 11.6. The van der Waals surface area contributed by atoms with Crippen LogP contribution in [0.4, 0.5) is 16.3 Å². The number of nitrogens with two attached hydrogens (primary N) is 1. The molecule has 3 heterocycles. The fourth-order valence-corrected chi connectivity index (χ4v) is 4.13. The highest BCUT2D eigenvalue weighted by Gasteiger charge is 2.44. The largest absolute Gasteiger partial charge is 0.465 e. The van der Waals surface area contributed by atoms with Gasteiger partial charge in [-0.05, 0) is 38.2 Å². The van der Waals surface area contributed by atoms with E-state index in [2.05, 4.69) is 30.3 Å². The number of imidazole rings is 1. The number of esters is 1. The van der Waals surface area contributed by atoms with Crippen LogP contribution in [0.15, 0.2) is 36.9 Å². The number of aliphatic hydroxyl groups is 2. The first-order chi connectivity index (χ1) is 17.8. The maximum Gasteiger partial charge on any atom is 0.337 e. The summed E-state index contributed by atoms with van der Waals surface area (Å²) in [6, 6.07) is 6.04. The second kappa shape index (κ2) is 11.5. The molecule has 3 aromatic rings. The third kappa shape index (κ3) is 5.94. The molecule has 0 unspecified atom stereocenters. The maximum atomic E-state index is 12.2. The Morgan fingerprint density at radius 2 is 2.05 bits per heavy atom. The molecule has 1 aromatic carbocycles. The van der Waals surface area contributed by atoms with Crippen molar-refractivity contribution >= 4 is 34.7 Å². The van der Waals surface area contributed by atoms with Crippen molar-refractivity contribution in [3.8, 4) is 0 Å². The number of anilines is 2. The summed E-state index contributed by atoms with van der Waals surface area (Å²) >= 11 is 0. The molecule has 2 amide bonds. The van der Waals surface area contributed by atoms with Crippen LogP contribution in [0.1, 0.15) is 23.0 Å². The predicted octanol–water partition coefficient (Wildman–Crippen LogP) is -0.0421. The molecule has 14 heteroatoms. The van der Waals surface area contributed by atoms with Crippen molar-refractivity contribution in [3.05, 3.63) is 42.5 Å². The Hall–Kier alpha value is -3.85. The molecule has 0 spiro atoms. The summed E-state index contributed by atoms with van der Waals surface area (Å²) in [4.78, 5) is 38.0. The van der Waals surface area contributed by atoms with E-state index in [4.69, 9.17) is 10.5 Å². The Balaban J connectivity index is 1.22. The smallest absolute Gasteiger partial charge is 0.337 e. The molecule has 0 radical (unpaired) electrons. The minimum absolute atomic E-state index is 0.213. The first-order valence-electron chi connectivity index (χ1n) is 11.6. The normalized spacial score (nSPS) is 21.3. The molecular formula is C23H30N8O6.